The summed E-state index contributed by atoms with van der Waals surface area (Å²) in [7, 11) is 0. The largest absolute Gasteiger partial charge is 0.493 e. The van der Waals surface area contributed by atoms with Crippen molar-refractivity contribution in [3.8, 4) is 5.75 Å². The minimum atomic E-state index is -4.21. The summed E-state index contributed by atoms with van der Waals surface area (Å²) < 4.78 is 42.9. The lowest BCUT2D eigenvalue weighted by molar-refractivity contribution is -0.136. The average molecular weight is 496 g/mol. The number of amides is 1. The number of nitrogens with zero attached hydrogens (tertiary/aromatic N) is 2. The third-order valence-electron chi connectivity index (χ3n) is 5.21. The fourth-order valence-corrected chi connectivity index (χ4v) is 3.85. The van der Waals surface area contributed by atoms with Gasteiger partial charge in [0.2, 0.25) is 0 Å². The van der Waals surface area contributed by atoms with Gasteiger partial charge in [0.1, 0.15) is 11.4 Å². The highest BCUT2D eigenvalue weighted by atomic mass is 35.5. The quantitative estimate of drug-likeness (QED) is 0.522. The molecule has 0 spiro atoms. The van der Waals surface area contributed by atoms with Gasteiger partial charge in [-0.2, -0.15) is 13.2 Å². The first-order valence-corrected chi connectivity index (χ1v) is 10.4. The van der Waals surface area contributed by atoms with Crippen LogP contribution < -0.4 is 10.1 Å². The van der Waals surface area contributed by atoms with Crippen LogP contribution in [0.25, 0.3) is 10.9 Å². The van der Waals surface area contributed by atoms with Gasteiger partial charge in [-0.3, -0.25) is 4.79 Å². The van der Waals surface area contributed by atoms with E-state index in [1.54, 1.807) is 18.2 Å². The molecule has 180 valence electrons. The summed E-state index contributed by atoms with van der Waals surface area (Å²) in [5.74, 6) is 0.196. The minimum absolute atomic E-state index is 0. The van der Waals surface area contributed by atoms with Crippen molar-refractivity contribution in [3.05, 3.63) is 36.0 Å². The Bertz CT molecular complexity index is 875. The Morgan fingerprint density at radius 2 is 2.00 bits per heavy atom. The molecule has 1 atom stereocenters. The lowest BCUT2D eigenvalue weighted by Gasteiger charge is -2.37. The summed E-state index contributed by atoms with van der Waals surface area (Å²) in [4.78, 5) is 19.7. The molecule has 0 aliphatic carbocycles. The van der Waals surface area contributed by atoms with Crippen molar-refractivity contribution in [1.82, 2.24) is 15.2 Å². The van der Waals surface area contributed by atoms with Gasteiger partial charge in [-0.1, -0.05) is 12.1 Å². The summed E-state index contributed by atoms with van der Waals surface area (Å²) in [6.07, 6.45) is -3.34. The number of nitrogens with one attached hydrogen (secondary N) is 1. The van der Waals surface area contributed by atoms with Crippen molar-refractivity contribution in [2.45, 2.75) is 57.8 Å². The summed E-state index contributed by atoms with van der Waals surface area (Å²) in [6.45, 7) is 5.55. The number of aromatic nitrogens is 1. The Kier molecular flexibility index (Phi) is 11.0. The van der Waals surface area contributed by atoms with E-state index in [9.17, 15) is 18.0 Å². The van der Waals surface area contributed by atoms with E-state index in [1.807, 2.05) is 30.9 Å². The number of rotatable bonds is 7. The first-order valence-electron chi connectivity index (χ1n) is 10.4. The van der Waals surface area contributed by atoms with Crippen LogP contribution in [0.3, 0.4) is 0 Å². The third kappa shape index (κ3) is 7.39. The van der Waals surface area contributed by atoms with Crippen LogP contribution in [-0.2, 0) is 0 Å². The molecule has 1 aromatic heterocycles. The van der Waals surface area contributed by atoms with Crippen molar-refractivity contribution >= 4 is 41.6 Å². The summed E-state index contributed by atoms with van der Waals surface area (Å²) >= 11 is 0. The van der Waals surface area contributed by atoms with Crippen molar-refractivity contribution in [3.63, 3.8) is 0 Å². The number of alkyl halides is 3. The fourth-order valence-electron chi connectivity index (χ4n) is 3.85. The molecule has 2 heterocycles. The molecule has 0 radical (unpaired) electrons. The lowest BCUT2D eigenvalue weighted by Crippen LogP contribution is -2.51. The van der Waals surface area contributed by atoms with Crippen LogP contribution >= 0.6 is 24.8 Å². The maximum absolute atomic E-state index is 13.4. The van der Waals surface area contributed by atoms with Gasteiger partial charge < -0.3 is 15.0 Å². The number of hydrogen-bond donors (Lipinski definition) is 1. The van der Waals surface area contributed by atoms with Gasteiger partial charge >= 0.3 is 6.18 Å². The summed E-state index contributed by atoms with van der Waals surface area (Å²) in [5, 5.41) is 4.01. The van der Waals surface area contributed by atoms with Gasteiger partial charge in [0.25, 0.3) is 5.91 Å². The Balaban J connectivity index is 0.00000256. The molecule has 1 saturated heterocycles. The van der Waals surface area contributed by atoms with Crippen molar-refractivity contribution in [2.75, 3.05) is 19.7 Å². The molecule has 1 fully saturated rings. The van der Waals surface area contributed by atoms with Crippen molar-refractivity contribution in [2.24, 2.45) is 0 Å². The maximum Gasteiger partial charge on any atom is 0.389 e. The van der Waals surface area contributed by atoms with Gasteiger partial charge in [-0.15, -0.1) is 24.8 Å². The SMILES string of the molecule is CC(C)N(C(=O)c1cc(OCCCC(F)(F)F)c2ccccc2n1)[C@@H]1CCCNC1.Cl.Cl. The van der Waals surface area contributed by atoms with Crippen LogP contribution in [0.4, 0.5) is 13.2 Å². The van der Waals surface area contributed by atoms with E-state index in [0.717, 1.165) is 25.9 Å². The van der Waals surface area contributed by atoms with Crippen LogP contribution in [0.15, 0.2) is 30.3 Å². The Hall–Kier alpha value is -1.77. The van der Waals surface area contributed by atoms with E-state index >= 15 is 0 Å². The Labute approximate surface area is 198 Å². The lowest BCUT2D eigenvalue weighted by atomic mass is 10.0. The molecule has 2 aromatic rings. The van der Waals surface area contributed by atoms with E-state index in [4.69, 9.17) is 4.74 Å². The Morgan fingerprint density at radius 1 is 1.28 bits per heavy atom. The van der Waals surface area contributed by atoms with E-state index in [-0.39, 0.29) is 61.5 Å². The minimum Gasteiger partial charge on any atom is -0.493 e. The van der Waals surface area contributed by atoms with Crippen LogP contribution in [0, 0.1) is 0 Å². The van der Waals surface area contributed by atoms with Crippen LogP contribution in [-0.4, -0.2) is 53.7 Å². The molecule has 1 aromatic carbocycles. The smallest absolute Gasteiger partial charge is 0.389 e. The normalized spacial score (nSPS) is 16.2. The van der Waals surface area contributed by atoms with Crippen LogP contribution in [0.2, 0.25) is 0 Å². The van der Waals surface area contributed by atoms with Gasteiger partial charge in [0.15, 0.2) is 0 Å². The number of para-hydroxylation sites is 1. The number of fused-ring (bicyclic) bond motifs is 1. The molecule has 1 N–H and O–H groups in total. The van der Waals surface area contributed by atoms with Crippen LogP contribution in [0.1, 0.15) is 50.0 Å². The molecule has 0 saturated carbocycles. The number of halogens is 5. The fraction of sp³-hybridized carbons (Fsp3) is 0.545. The number of piperidine rings is 1. The number of hydrogen-bond acceptors (Lipinski definition) is 4. The van der Waals surface area contributed by atoms with E-state index < -0.39 is 12.6 Å². The molecule has 32 heavy (non-hydrogen) atoms. The monoisotopic (exact) mass is 495 g/mol. The zero-order valence-electron chi connectivity index (χ0n) is 18.2. The molecule has 3 rings (SSSR count). The van der Waals surface area contributed by atoms with Crippen molar-refractivity contribution in [1.29, 1.82) is 0 Å². The Morgan fingerprint density at radius 3 is 2.62 bits per heavy atom. The van der Waals surface area contributed by atoms with Gasteiger partial charge in [-0.05, 0) is 51.8 Å². The molecule has 10 heteroatoms. The first-order chi connectivity index (χ1) is 14.3. The molecular formula is C22H30Cl2F3N3O2. The van der Waals surface area contributed by atoms with Gasteiger partial charge in [0.05, 0.1) is 12.1 Å². The molecule has 1 amide bonds. The molecule has 0 unspecified atom stereocenters. The van der Waals surface area contributed by atoms with E-state index in [2.05, 4.69) is 10.3 Å². The second-order valence-electron chi connectivity index (χ2n) is 7.90. The highest BCUT2D eigenvalue weighted by molar-refractivity contribution is 5.97. The number of ether oxygens (including phenoxy) is 1. The predicted octanol–water partition coefficient (Wildman–Crippen LogP) is 5.40. The molecule has 5 nitrogen and oxygen atoms in total. The van der Waals surface area contributed by atoms with Gasteiger partial charge in [0, 0.05) is 36.5 Å². The maximum atomic E-state index is 13.4. The number of carbonyl (C=O) groups excluding carboxylic acids is 1. The summed E-state index contributed by atoms with van der Waals surface area (Å²) in [5.41, 5.74) is 0.832. The third-order valence-corrected chi connectivity index (χ3v) is 5.21. The van der Waals surface area contributed by atoms with Crippen LogP contribution in [0.5, 0.6) is 5.75 Å². The number of benzene rings is 1. The predicted molar refractivity (Wildman–Crippen MR) is 124 cm³/mol. The topological polar surface area (TPSA) is 54.5 Å². The standard InChI is InChI=1S/C22H28F3N3O2.2ClH/c1-15(2)28(16-7-5-11-26-14-16)21(29)19-13-20(30-12-6-10-22(23,24)25)17-8-3-4-9-18(17)27-19;;/h3-4,8-9,13,15-16,26H,5-7,10-12,14H2,1-2H3;2*1H/t16-;;/m1../s1. The summed E-state index contributed by atoms with van der Waals surface area (Å²) in [6, 6.07) is 8.81. The zero-order chi connectivity index (χ0) is 21.7. The number of pyridine rings is 1. The molecule has 1 aliphatic rings. The van der Waals surface area contributed by atoms with Gasteiger partial charge in [-0.25, -0.2) is 4.98 Å². The molecular weight excluding hydrogens is 466 g/mol. The second-order valence-corrected chi connectivity index (χ2v) is 7.90. The number of carbonyl (C=O) groups is 1. The zero-order valence-corrected chi connectivity index (χ0v) is 19.8. The van der Waals surface area contributed by atoms with Crippen molar-refractivity contribution < 1.29 is 22.7 Å². The van der Waals surface area contributed by atoms with E-state index in [1.165, 1.54) is 0 Å². The molecule has 0 bridgehead atoms. The highest BCUT2D eigenvalue weighted by Gasteiger charge is 2.30. The highest BCUT2D eigenvalue weighted by Crippen LogP contribution is 2.28. The molecule has 1 aliphatic heterocycles. The van der Waals surface area contributed by atoms with E-state index in [0.29, 0.717) is 16.7 Å². The first kappa shape index (κ1) is 28.3. The average Bonchev–Trinajstić information content (AvgIpc) is 2.71. The second kappa shape index (κ2) is 12.5.